The summed E-state index contributed by atoms with van der Waals surface area (Å²) in [4.78, 5) is 2.23. The number of rotatable bonds is 3. The molecule has 2 heterocycles. The molecule has 0 aromatic rings. The summed E-state index contributed by atoms with van der Waals surface area (Å²) in [5.41, 5.74) is -0.0529. The Morgan fingerprint density at radius 3 is 1.90 bits per heavy atom. The third-order valence-electron chi connectivity index (χ3n) is 4.33. The van der Waals surface area contributed by atoms with Gasteiger partial charge >= 0.3 is 6.18 Å². The summed E-state index contributed by atoms with van der Waals surface area (Å²) >= 11 is 0. The molecule has 0 aromatic carbocycles. The molecule has 8 heteroatoms. The van der Waals surface area contributed by atoms with Crippen LogP contribution in [0, 0.1) is 0 Å². The average Bonchev–Trinajstić information content (AvgIpc) is 2.57. The molecule has 21 heavy (non-hydrogen) atoms. The van der Waals surface area contributed by atoms with Gasteiger partial charge in [-0.25, -0.2) is 8.42 Å². The minimum Gasteiger partial charge on any atom is -0.295 e. The Morgan fingerprint density at radius 1 is 1.05 bits per heavy atom. The number of piperazine rings is 1. The van der Waals surface area contributed by atoms with Gasteiger partial charge in [-0.2, -0.15) is 17.5 Å². The summed E-state index contributed by atoms with van der Waals surface area (Å²) in [7, 11) is -3.83. The van der Waals surface area contributed by atoms with Crippen molar-refractivity contribution >= 4 is 10.0 Å². The number of halogens is 3. The minimum absolute atomic E-state index is 0.0529. The van der Waals surface area contributed by atoms with E-state index >= 15 is 0 Å². The second kappa shape index (κ2) is 5.38. The Kier molecular flexibility index (Phi) is 4.36. The molecule has 2 atom stereocenters. The van der Waals surface area contributed by atoms with E-state index in [1.54, 1.807) is 0 Å². The largest absolute Gasteiger partial charge is 0.390 e. The van der Waals surface area contributed by atoms with Crippen molar-refractivity contribution < 1.29 is 21.6 Å². The molecule has 0 saturated carbocycles. The number of nitrogens with zero attached hydrogens (tertiary/aromatic N) is 2. The Balaban J connectivity index is 2.09. The van der Waals surface area contributed by atoms with Crippen LogP contribution in [0.2, 0.25) is 0 Å². The summed E-state index contributed by atoms with van der Waals surface area (Å²) in [6.45, 7) is 7.41. The molecule has 124 valence electrons. The molecule has 2 bridgehead atoms. The van der Waals surface area contributed by atoms with Crippen molar-refractivity contribution in [1.29, 1.82) is 0 Å². The number of likely N-dealkylation sites (tertiary alicyclic amines) is 1. The van der Waals surface area contributed by atoms with Crippen LogP contribution in [-0.2, 0) is 10.0 Å². The highest BCUT2D eigenvalue weighted by molar-refractivity contribution is 7.89. The first kappa shape index (κ1) is 17.0. The predicted octanol–water partition coefficient (Wildman–Crippen LogP) is 2.22. The van der Waals surface area contributed by atoms with Crippen molar-refractivity contribution in [3.63, 3.8) is 0 Å². The van der Waals surface area contributed by atoms with Gasteiger partial charge in [-0.15, -0.1) is 0 Å². The molecule has 2 unspecified atom stereocenters. The monoisotopic (exact) mass is 328 g/mol. The first-order valence-corrected chi connectivity index (χ1v) is 8.84. The first-order chi connectivity index (χ1) is 9.40. The van der Waals surface area contributed by atoms with Crippen molar-refractivity contribution in [3.05, 3.63) is 0 Å². The van der Waals surface area contributed by atoms with E-state index in [1.165, 1.54) is 4.31 Å². The zero-order chi connectivity index (χ0) is 16.1. The van der Waals surface area contributed by atoms with E-state index in [4.69, 9.17) is 0 Å². The molecule has 2 fully saturated rings. The van der Waals surface area contributed by atoms with E-state index in [-0.39, 0.29) is 17.6 Å². The molecule has 2 aliphatic rings. The van der Waals surface area contributed by atoms with Gasteiger partial charge in [0.15, 0.2) is 0 Å². The standard InChI is InChI=1S/C13H23F3N2O2S/c1-12(2,3)17-8-10-4-5-11(9-17)18(10)21(19,20)7-6-13(14,15)16/h10-11H,4-9H2,1-3H3. The lowest BCUT2D eigenvalue weighted by atomic mass is 10.0. The number of fused-ring (bicyclic) bond motifs is 2. The molecule has 2 aliphatic heterocycles. The van der Waals surface area contributed by atoms with Crippen molar-refractivity contribution in [1.82, 2.24) is 9.21 Å². The fourth-order valence-electron chi connectivity index (χ4n) is 3.22. The Morgan fingerprint density at radius 2 is 1.52 bits per heavy atom. The summed E-state index contributed by atoms with van der Waals surface area (Å²) in [5.74, 6) is -0.834. The van der Waals surface area contributed by atoms with Gasteiger partial charge in [-0.05, 0) is 33.6 Å². The minimum atomic E-state index is -4.43. The Hall–Kier alpha value is -0.340. The van der Waals surface area contributed by atoms with Crippen LogP contribution in [0.4, 0.5) is 13.2 Å². The number of alkyl halides is 3. The Labute approximate surface area is 124 Å². The normalized spacial score (nSPS) is 29.0. The average molecular weight is 328 g/mol. The molecule has 4 nitrogen and oxygen atoms in total. The number of hydrogen-bond donors (Lipinski definition) is 0. The van der Waals surface area contributed by atoms with Gasteiger partial charge in [0.2, 0.25) is 10.0 Å². The van der Waals surface area contributed by atoms with Crippen LogP contribution in [0.5, 0.6) is 0 Å². The topological polar surface area (TPSA) is 40.6 Å². The molecule has 0 N–H and O–H groups in total. The van der Waals surface area contributed by atoms with E-state index in [0.717, 1.165) is 12.8 Å². The van der Waals surface area contributed by atoms with Crippen molar-refractivity contribution in [2.45, 2.75) is 63.8 Å². The molecule has 0 amide bonds. The van der Waals surface area contributed by atoms with Crippen molar-refractivity contribution in [2.24, 2.45) is 0 Å². The second-order valence-corrected chi connectivity index (χ2v) is 8.97. The molecular formula is C13H23F3N2O2S. The molecule has 0 radical (unpaired) electrons. The molecule has 2 rings (SSSR count). The van der Waals surface area contributed by atoms with E-state index in [1.807, 2.05) is 0 Å². The number of sulfonamides is 1. The van der Waals surface area contributed by atoms with Gasteiger partial charge in [-0.3, -0.25) is 4.90 Å². The summed E-state index contributed by atoms with van der Waals surface area (Å²) in [5, 5.41) is 0. The molecule has 0 aromatic heterocycles. The molecular weight excluding hydrogens is 305 g/mol. The van der Waals surface area contributed by atoms with Gasteiger partial charge in [0.1, 0.15) is 0 Å². The van der Waals surface area contributed by atoms with Gasteiger partial charge in [0, 0.05) is 30.7 Å². The van der Waals surface area contributed by atoms with Gasteiger partial charge in [0.25, 0.3) is 0 Å². The summed E-state index contributed by atoms with van der Waals surface area (Å²) in [6.07, 6.45) is -4.22. The summed E-state index contributed by atoms with van der Waals surface area (Å²) in [6, 6.07) is -0.359. The van der Waals surface area contributed by atoms with E-state index in [9.17, 15) is 21.6 Å². The lowest BCUT2D eigenvalue weighted by Crippen LogP contribution is -2.60. The van der Waals surface area contributed by atoms with E-state index in [2.05, 4.69) is 25.7 Å². The fourth-order valence-corrected chi connectivity index (χ4v) is 5.17. The highest BCUT2D eigenvalue weighted by Crippen LogP contribution is 2.36. The van der Waals surface area contributed by atoms with Crippen molar-refractivity contribution in [3.8, 4) is 0 Å². The fraction of sp³-hybridized carbons (Fsp3) is 1.00. The second-order valence-electron chi connectivity index (χ2n) is 6.97. The highest BCUT2D eigenvalue weighted by Gasteiger charge is 2.48. The van der Waals surface area contributed by atoms with Gasteiger partial charge in [0.05, 0.1) is 12.2 Å². The maximum atomic E-state index is 12.3. The Bertz CT molecular complexity index is 471. The number of hydrogen-bond acceptors (Lipinski definition) is 3. The van der Waals surface area contributed by atoms with Gasteiger partial charge in [-0.1, -0.05) is 0 Å². The molecule has 0 spiro atoms. The predicted molar refractivity (Wildman–Crippen MR) is 74.4 cm³/mol. The maximum Gasteiger partial charge on any atom is 0.390 e. The zero-order valence-electron chi connectivity index (χ0n) is 12.7. The van der Waals surface area contributed by atoms with Crippen LogP contribution >= 0.6 is 0 Å². The summed E-state index contributed by atoms with van der Waals surface area (Å²) < 4.78 is 62.7. The van der Waals surface area contributed by atoms with Crippen LogP contribution in [0.15, 0.2) is 0 Å². The zero-order valence-corrected chi connectivity index (χ0v) is 13.5. The lowest BCUT2D eigenvalue weighted by molar-refractivity contribution is -0.130. The molecule has 2 saturated heterocycles. The lowest BCUT2D eigenvalue weighted by Gasteiger charge is -2.46. The SMILES string of the molecule is CC(C)(C)N1CC2CCC(C1)N2S(=O)(=O)CCC(F)(F)F. The van der Waals surface area contributed by atoms with Crippen LogP contribution in [0.1, 0.15) is 40.0 Å². The van der Waals surface area contributed by atoms with Crippen LogP contribution in [0.3, 0.4) is 0 Å². The highest BCUT2D eigenvalue weighted by atomic mass is 32.2. The first-order valence-electron chi connectivity index (χ1n) is 7.23. The van der Waals surface area contributed by atoms with Crippen LogP contribution in [-0.4, -0.2) is 60.3 Å². The van der Waals surface area contributed by atoms with E-state index < -0.39 is 28.4 Å². The van der Waals surface area contributed by atoms with Crippen LogP contribution in [0.25, 0.3) is 0 Å². The van der Waals surface area contributed by atoms with E-state index in [0.29, 0.717) is 13.1 Å². The quantitative estimate of drug-likeness (QED) is 0.798. The third kappa shape index (κ3) is 3.90. The smallest absolute Gasteiger partial charge is 0.295 e. The third-order valence-corrected chi connectivity index (χ3v) is 6.29. The maximum absolute atomic E-state index is 12.3. The van der Waals surface area contributed by atoms with Gasteiger partial charge < -0.3 is 0 Å². The molecule has 0 aliphatic carbocycles. The van der Waals surface area contributed by atoms with Crippen molar-refractivity contribution in [2.75, 3.05) is 18.8 Å². The van der Waals surface area contributed by atoms with Crippen LogP contribution < -0.4 is 0 Å².